The Bertz CT molecular complexity index is 346. The molecular weight excluding hydrogens is 290 g/mol. The summed E-state index contributed by atoms with van der Waals surface area (Å²) >= 11 is 0. The highest BCUT2D eigenvalue weighted by Gasteiger charge is 2.37. The molecule has 0 aromatic heterocycles. The van der Waals surface area contributed by atoms with E-state index in [4.69, 9.17) is 10.5 Å². The number of hydrogen-bond acceptors (Lipinski definition) is 4. The SMILES string of the molecule is Cl.NC1CCN(CC(=O)N2CCOC3CCCCC32)CC1. The van der Waals surface area contributed by atoms with Crippen molar-refractivity contribution in [3.63, 3.8) is 0 Å². The minimum atomic E-state index is 0. The third-order valence-electron chi connectivity index (χ3n) is 5.04. The molecule has 2 atom stereocenters. The Morgan fingerprint density at radius 3 is 2.57 bits per heavy atom. The fraction of sp³-hybridized carbons (Fsp3) is 0.933. The first-order chi connectivity index (χ1) is 9.74. The predicted octanol–water partition coefficient (Wildman–Crippen LogP) is 1.00. The highest BCUT2D eigenvalue weighted by molar-refractivity contribution is 5.85. The van der Waals surface area contributed by atoms with Gasteiger partial charge in [0.1, 0.15) is 0 Å². The zero-order chi connectivity index (χ0) is 13.9. The number of nitrogens with two attached hydrogens (primary N) is 1. The Labute approximate surface area is 133 Å². The van der Waals surface area contributed by atoms with Crippen molar-refractivity contribution in [3.8, 4) is 0 Å². The Morgan fingerprint density at radius 1 is 1.10 bits per heavy atom. The van der Waals surface area contributed by atoms with Gasteiger partial charge in [-0.1, -0.05) is 12.8 Å². The standard InChI is InChI=1S/C15H27N3O2.ClH/c16-12-5-7-17(8-6-12)11-15(19)18-9-10-20-14-4-2-1-3-13(14)18;/h12-14H,1-11,16H2;1H. The van der Waals surface area contributed by atoms with Crippen molar-refractivity contribution in [3.05, 3.63) is 0 Å². The zero-order valence-electron chi connectivity index (χ0n) is 12.7. The van der Waals surface area contributed by atoms with Gasteiger partial charge in [0.2, 0.25) is 5.91 Å². The van der Waals surface area contributed by atoms with Gasteiger partial charge >= 0.3 is 0 Å². The van der Waals surface area contributed by atoms with E-state index in [1.165, 1.54) is 12.8 Å². The second-order valence-corrected chi connectivity index (χ2v) is 6.46. The summed E-state index contributed by atoms with van der Waals surface area (Å²) in [7, 11) is 0. The maximum Gasteiger partial charge on any atom is 0.237 e. The summed E-state index contributed by atoms with van der Waals surface area (Å²) in [5, 5.41) is 0. The smallest absolute Gasteiger partial charge is 0.237 e. The number of amides is 1. The van der Waals surface area contributed by atoms with Crippen molar-refractivity contribution in [1.82, 2.24) is 9.80 Å². The molecular formula is C15H28ClN3O2. The van der Waals surface area contributed by atoms with Gasteiger partial charge in [0.05, 0.1) is 25.3 Å². The first-order valence-corrected chi connectivity index (χ1v) is 8.13. The van der Waals surface area contributed by atoms with Gasteiger partial charge in [-0.15, -0.1) is 12.4 Å². The first kappa shape index (κ1) is 17.0. The molecule has 1 aliphatic carbocycles. The second kappa shape index (κ2) is 7.77. The topological polar surface area (TPSA) is 58.8 Å². The van der Waals surface area contributed by atoms with E-state index < -0.39 is 0 Å². The maximum atomic E-state index is 12.6. The number of hydrogen-bond donors (Lipinski definition) is 1. The summed E-state index contributed by atoms with van der Waals surface area (Å²) in [6, 6.07) is 0.657. The van der Waals surface area contributed by atoms with Crippen LogP contribution in [0, 0.1) is 0 Å². The van der Waals surface area contributed by atoms with E-state index in [1.807, 2.05) is 0 Å². The molecule has 2 N–H and O–H groups in total. The molecule has 122 valence electrons. The van der Waals surface area contributed by atoms with Gasteiger partial charge in [0, 0.05) is 25.7 Å². The fourth-order valence-electron chi connectivity index (χ4n) is 3.80. The highest BCUT2D eigenvalue weighted by Crippen LogP contribution is 2.28. The summed E-state index contributed by atoms with van der Waals surface area (Å²) in [4.78, 5) is 17.0. The summed E-state index contributed by atoms with van der Waals surface area (Å²) in [5.74, 6) is 0.292. The lowest BCUT2D eigenvalue weighted by molar-refractivity contribution is -0.150. The fourth-order valence-corrected chi connectivity index (χ4v) is 3.80. The number of piperidine rings is 1. The molecule has 0 radical (unpaired) electrons. The summed E-state index contributed by atoms with van der Waals surface area (Å²) in [6.07, 6.45) is 7.02. The minimum absolute atomic E-state index is 0. The third kappa shape index (κ3) is 4.09. The van der Waals surface area contributed by atoms with Crippen molar-refractivity contribution in [2.75, 3.05) is 32.8 Å². The monoisotopic (exact) mass is 317 g/mol. The number of rotatable bonds is 2. The van der Waals surface area contributed by atoms with Gasteiger partial charge in [0.25, 0.3) is 0 Å². The molecule has 2 unspecified atom stereocenters. The van der Waals surface area contributed by atoms with Crippen LogP contribution in [0.25, 0.3) is 0 Å². The van der Waals surface area contributed by atoms with Crippen molar-refractivity contribution in [2.45, 2.75) is 56.7 Å². The van der Waals surface area contributed by atoms with Crippen molar-refractivity contribution in [2.24, 2.45) is 5.73 Å². The molecule has 3 fully saturated rings. The van der Waals surface area contributed by atoms with Crippen molar-refractivity contribution in [1.29, 1.82) is 0 Å². The van der Waals surface area contributed by atoms with Crippen LogP contribution in [-0.2, 0) is 9.53 Å². The van der Waals surface area contributed by atoms with Crippen LogP contribution in [0.4, 0.5) is 0 Å². The third-order valence-corrected chi connectivity index (χ3v) is 5.04. The van der Waals surface area contributed by atoms with Gasteiger partial charge in [-0.2, -0.15) is 0 Å². The lowest BCUT2D eigenvalue weighted by atomic mass is 9.90. The average molecular weight is 318 g/mol. The van der Waals surface area contributed by atoms with Crippen LogP contribution in [0.3, 0.4) is 0 Å². The lowest BCUT2D eigenvalue weighted by Crippen LogP contribution is -2.57. The van der Waals surface area contributed by atoms with E-state index in [9.17, 15) is 4.79 Å². The Balaban J connectivity index is 0.00000161. The quantitative estimate of drug-likeness (QED) is 0.825. The van der Waals surface area contributed by atoms with E-state index in [1.54, 1.807) is 0 Å². The number of fused-ring (bicyclic) bond motifs is 1. The van der Waals surface area contributed by atoms with Crippen LogP contribution < -0.4 is 5.73 Å². The molecule has 2 saturated heterocycles. The second-order valence-electron chi connectivity index (χ2n) is 6.46. The molecule has 1 amide bonds. The zero-order valence-corrected chi connectivity index (χ0v) is 13.5. The van der Waals surface area contributed by atoms with Crippen molar-refractivity contribution >= 4 is 18.3 Å². The number of likely N-dealkylation sites (tertiary alicyclic amines) is 1. The van der Waals surface area contributed by atoms with Crippen LogP contribution >= 0.6 is 12.4 Å². The van der Waals surface area contributed by atoms with Crippen LogP contribution in [0.15, 0.2) is 0 Å². The van der Waals surface area contributed by atoms with E-state index >= 15 is 0 Å². The summed E-state index contributed by atoms with van der Waals surface area (Å²) in [6.45, 7) is 3.97. The molecule has 1 saturated carbocycles. The maximum absolute atomic E-state index is 12.6. The molecule has 3 aliphatic rings. The molecule has 0 bridgehead atoms. The number of halogens is 1. The van der Waals surface area contributed by atoms with E-state index in [2.05, 4.69) is 9.80 Å². The average Bonchev–Trinajstić information content (AvgIpc) is 2.49. The van der Waals surface area contributed by atoms with Crippen LogP contribution in [0.2, 0.25) is 0 Å². The molecule has 2 heterocycles. The minimum Gasteiger partial charge on any atom is -0.374 e. The van der Waals surface area contributed by atoms with Gasteiger partial charge in [-0.05, 0) is 25.7 Å². The van der Waals surface area contributed by atoms with Crippen LogP contribution in [0.5, 0.6) is 0 Å². The molecule has 5 nitrogen and oxygen atoms in total. The molecule has 0 aromatic carbocycles. The van der Waals surface area contributed by atoms with E-state index in [0.717, 1.165) is 45.3 Å². The van der Waals surface area contributed by atoms with Gasteiger partial charge in [-0.25, -0.2) is 0 Å². The molecule has 2 aliphatic heterocycles. The number of ether oxygens (including phenoxy) is 1. The number of morpholine rings is 1. The molecule has 6 heteroatoms. The number of carbonyl (C=O) groups excluding carboxylic acids is 1. The van der Waals surface area contributed by atoms with Crippen LogP contribution in [-0.4, -0.2) is 66.7 Å². The van der Waals surface area contributed by atoms with Gasteiger partial charge in [0.15, 0.2) is 0 Å². The Kier molecular flexibility index (Phi) is 6.29. The summed E-state index contributed by atoms with van der Waals surface area (Å²) in [5.41, 5.74) is 5.92. The normalized spacial score (nSPS) is 31.4. The van der Waals surface area contributed by atoms with E-state index in [-0.39, 0.29) is 18.5 Å². The molecule has 0 aromatic rings. The Morgan fingerprint density at radius 2 is 1.81 bits per heavy atom. The van der Waals surface area contributed by atoms with E-state index in [0.29, 0.717) is 31.1 Å². The molecule has 21 heavy (non-hydrogen) atoms. The predicted molar refractivity (Wildman–Crippen MR) is 84.6 cm³/mol. The first-order valence-electron chi connectivity index (χ1n) is 8.13. The van der Waals surface area contributed by atoms with Gasteiger partial charge < -0.3 is 15.4 Å². The van der Waals surface area contributed by atoms with Crippen LogP contribution in [0.1, 0.15) is 38.5 Å². The van der Waals surface area contributed by atoms with Crippen molar-refractivity contribution < 1.29 is 9.53 Å². The molecule has 3 rings (SSSR count). The Hall–Kier alpha value is -0.360. The largest absolute Gasteiger partial charge is 0.374 e. The van der Waals surface area contributed by atoms with Gasteiger partial charge in [-0.3, -0.25) is 9.69 Å². The lowest BCUT2D eigenvalue weighted by Gasteiger charge is -2.44. The number of nitrogens with zero attached hydrogens (tertiary/aromatic N) is 2. The highest BCUT2D eigenvalue weighted by atomic mass is 35.5. The summed E-state index contributed by atoms with van der Waals surface area (Å²) < 4.78 is 5.84. The number of carbonyl (C=O) groups is 1. The molecule has 0 spiro atoms.